The van der Waals surface area contributed by atoms with Gasteiger partial charge in [0.1, 0.15) is 5.82 Å². The van der Waals surface area contributed by atoms with Crippen molar-refractivity contribution in [2.45, 2.75) is 6.92 Å². The summed E-state index contributed by atoms with van der Waals surface area (Å²) in [5, 5.41) is 8.84. The second-order valence-electron chi connectivity index (χ2n) is 6.99. The van der Waals surface area contributed by atoms with Gasteiger partial charge in [-0.15, -0.1) is 16.4 Å². The van der Waals surface area contributed by atoms with Crippen LogP contribution in [0.5, 0.6) is 0 Å². The Hall–Kier alpha value is -3.57. The standard InChI is InChI=1S/C21H18FN5O3S2/c1-13-8-9-15(12-17(13)26-32(2,29)30)23-21(28)19-24-20(18-7-4-10-31-18)27(25-19)16-6-3-5-14(22)11-16/h3-12,26H,1-2H3,(H,23,28). The SMILES string of the molecule is Cc1ccc(NC(=O)c2nc(-c3cccs3)n(-c3cccc(F)c3)n2)cc1NS(C)(=O)=O. The van der Waals surface area contributed by atoms with E-state index in [9.17, 15) is 17.6 Å². The van der Waals surface area contributed by atoms with E-state index in [1.165, 1.54) is 34.2 Å². The highest BCUT2D eigenvalue weighted by Gasteiger charge is 2.20. The van der Waals surface area contributed by atoms with E-state index in [0.29, 0.717) is 28.5 Å². The van der Waals surface area contributed by atoms with Crippen molar-refractivity contribution in [2.24, 2.45) is 0 Å². The maximum Gasteiger partial charge on any atom is 0.295 e. The van der Waals surface area contributed by atoms with E-state index in [1.54, 1.807) is 31.2 Å². The summed E-state index contributed by atoms with van der Waals surface area (Å²) in [6, 6.07) is 14.3. The molecule has 8 nitrogen and oxygen atoms in total. The maximum absolute atomic E-state index is 13.8. The summed E-state index contributed by atoms with van der Waals surface area (Å²) in [6.07, 6.45) is 1.05. The van der Waals surface area contributed by atoms with Crippen molar-refractivity contribution in [3.05, 3.63) is 77.2 Å². The summed E-state index contributed by atoms with van der Waals surface area (Å²) >= 11 is 1.41. The van der Waals surface area contributed by atoms with Crippen LogP contribution in [-0.2, 0) is 10.0 Å². The number of aromatic nitrogens is 3. The Balaban J connectivity index is 1.68. The van der Waals surface area contributed by atoms with Crippen LogP contribution < -0.4 is 10.0 Å². The Bertz CT molecular complexity index is 1400. The van der Waals surface area contributed by atoms with E-state index in [1.807, 2.05) is 17.5 Å². The number of aryl methyl sites for hydroxylation is 1. The summed E-state index contributed by atoms with van der Waals surface area (Å²) in [5.74, 6) is -0.742. The molecular formula is C21H18FN5O3S2. The fourth-order valence-corrected chi connectivity index (χ4v) is 4.28. The molecule has 0 fully saturated rings. The van der Waals surface area contributed by atoms with Crippen LogP contribution >= 0.6 is 11.3 Å². The fourth-order valence-electron chi connectivity index (χ4n) is 2.96. The molecule has 0 atom stereocenters. The molecular weight excluding hydrogens is 453 g/mol. The first-order valence-electron chi connectivity index (χ1n) is 9.36. The number of halogens is 1. The Morgan fingerprint density at radius 2 is 1.94 bits per heavy atom. The lowest BCUT2D eigenvalue weighted by Crippen LogP contribution is -2.15. The molecule has 32 heavy (non-hydrogen) atoms. The third-order valence-corrected chi connectivity index (χ3v) is 5.85. The average Bonchev–Trinajstić information content (AvgIpc) is 3.39. The topological polar surface area (TPSA) is 106 Å². The molecule has 0 radical (unpaired) electrons. The third-order valence-electron chi connectivity index (χ3n) is 4.40. The molecule has 2 heterocycles. The molecule has 2 aromatic heterocycles. The summed E-state index contributed by atoms with van der Waals surface area (Å²) in [5.41, 5.74) is 1.84. The molecule has 0 bridgehead atoms. The number of nitrogens with one attached hydrogen (secondary N) is 2. The van der Waals surface area contributed by atoms with Crippen molar-refractivity contribution >= 4 is 38.6 Å². The zero-order valence-corrected chi connectivity index (χ0v) is 18.7. The third kappa shape index (κ3) is 4.84. The molecule has 2 N–H and O–H groups in total. The van der Waals surface area contributed by atoms with E-state index in [4.69, 9.17) is 0 Å². The van der Waals surface area contributed by atoms with Gasteiger partial charge in [0.25, 0.3) is 5.91 Å². The molecule has 0 saturated carbocycles. The lowest BCUT2D eigenvalue weighted by Gasteiger charge is -2.10. The van der Waals surface area contributed by atoms with E-state index in [2.05, 4.69) is 20.1 Å². The molecule has 4 aromatic rings. The molecule has 0 aliphatic carbocycles. The van der Waals surface area contributed by atoms with E-state index >= 15 is 0 Å². The molecule has 0 spiro atoms. The van der Waals surface area contributed by atoms with Gasteiger partial charge in [0.15, 0.2) is 5.82 Å². The van der Waals surface area contributed by atoms with Crippen molar-refractivity contribution in [1.29, 1.82) is 0 Å². The van der Waals surface area contributed by atoms with Gasteiger partial charge in [0, 0.05) is 5.69 Å². The first-order valence-corrected chi connectivity index (χ1v) is 12.1. The minimum absolute atomic E-state index is 0.115. The first-order chi connectivity index (χ1) is 15.2. The monoisotopic (exact) mass is 471 g/mol. The number of nitrogens with zero attached hydrogens (tertiary/aromatic N) is 3. The van der Waals surface area contributed by atoms with Crippen molar-refractivity contribution in [1.82, 2.24) is 14.8 Å². The quantitative estimate of drug-likeness (QED) is 0.441. The van der Waals surface area contributed by atoms with Crippen LogP contribution in [0.25, 0.3) is 16.4 Å². The number of benzene rings is 2. The van der Waals surface area contributed by atoms with Crippen LogP contribution in [-0.4, -0.2) is 35.3 Å². The number of hydrogen-bond donors (Lipinski definition) is 2. The maximum atomic E-state index is 13.8. The summed E-state index contributed by atoms with van der Waals surface area (Å²) in [7, 11) is -3.48. The predicted octanol–water partition coefficient (Wildman–Crippen LogP) is 4.07. The molecule has 1 amide bonds. The lowest BCUT2D eigenvalue weighted by atomic mass is 10.2. The summed E-state index contributed by atoms with van der Waals surface area (Å²) in [4.78, 5) is 18.0. The van der Waals surface area contributed by atoms with Crippen molar-refractivity contribution in [3.8, 4) is 16.4 Å². The van der Waals surface area contributed by atoms with Gasteiger partial charge in [-0.3, -0.25) is 9.52 Å². The lowest BCUT2D eigenvalue weighted by molar-refractivity contribution is 0.101. The smallest absolute Gasteiger partial charge is 0.295 e. The first kappa shape index (κ1) is 21.7. The number of amides is 1. The van der Waals surface area contributed by atoms with Gasteiger partial charge in [-0.1, -0.05) is 18.2 Å². The normalized spacial score (nSPS) is 11.3. The number of thiophene rings is 1. The van der Waals surface area contributed by atoms with Crippen molar-refractivity contribution < 1.29 is 17.6 Å². The zero-order chi connectivity index (χ0) is 22.9. The number of anilines is 2. The highest BCUT2D eigenvalue weighted by Crippen LogP contribution is 2.26. The minimum atomic E-state index is -3.48. The molecule has 11 heteroatoms. The van der Waals surface area contributed by atoms with Gasteiger partial charge in [-0.05, 0) is 54.3 Å². The highest BCUT2D eigenvalue weighted by molar-refractivity contribution is 7.92. The zero-order valence-electron chi connectivity index (χ0n) is 17.0. The molecule has 0 unspecified atom stereocenters. The van der Waals surface area contributed by atoms with Crippen LogP contribution in [0.3, 0.4) is 0 Å². The number of carbonyl (C=O) groups excluding carboxylic acids is 1. The van der Waals surface area contributed by atoms with E-state index in [0.717, 1.165) is 11.1 Å². The Morgan fingerprint density at radius 1 is 1.12 bits per heavy atom. The Labute approximate surface area is 187 Å². The molecule has 164 valence electrons. The van der Waals surface area contributed by atoms with E-state index in [-0.39, 0.29) is 5.82 Å². The number of hydrogen-bond acceptors (Lipinski definition) is 6. The van der Waals surface area contributed by atoms with Gasteiger partial charge >= 0.3 is 0 Å². The van der Waals surface area contributed by atoms with Gasteiger partial charge in [0.05, 0.1) is 22.5 Å². The van der Waals surface area contributed by atoms with Gasteiger partial charge in [-0.25, -0.2) is 22.5 Å². The predicted molar refractivity (Wildman–Crippen MR) is 122 cm³/mol. The second-order valence-corrected chi connectivity index (χ2v) is 9.68. The summed E-state index contributed by atoms with van der Waals surface area (Å²) < 4.78 is 40.8. The highest BCUT2D eigenvalue weighted by atomic mass is 32.2. The molecule has 4 rings (SSSR count). The summed E-state index contributed by atoms with van der Waals surface area (Å²) in [6.45, 7) is 1.74. The van der Waals surface area contributed by atoms with Crippen LogP contribution in [0.2, 0.25) is 0 Å². The van der Waals surface area contributed by atoms with Crippen molar-refractivity contribution in [2.75, 3.05) is 16.3 Å². The number of carbonyl (C=O) groups is 1. The van der Waals surface area contributed by atoms with Gasteiger partial charge < -0.3 is 5.32 Å². The molecule has 0 aliphatic rings. The van der Waals surface area contributed by atoms with Crippen LogP contribution in [0.15, 0.2) is 60.0 Å². The van der Waals surface area contributed by atoms with Crippen LogP contribution in [0, 0.1) is 12.7 Å². The Morgan fingerprint density at radius 3 is 2.62 bits per heavy atom. The van der Waals surface area contributed by atoms with Crippen LogP contribution in [0.1, 0.15) is 16.2 Å². The Kier molecular flexibility index (Phi) is 5.76. The van der Waals surface area contributed by atoms with Crippen LogP contribution in [0.4, 0.5) is 15.8 Å². The van der Waals surface area contributed by atoms with Gasteiger partial charge in [-0.2, -0.15) is 0 Å². The second kappa shape index (κ2) is 8.52. The largest absolute Gasteiger partial charge is 0.319 e. The minimum Gasteiger partial charge on any atom is -0.319 e. The van der Waals surface area contributed by atoms with Gasteiger partial charge in [0.2, 0.25) is 15.8 Å². The fraction of sp³-hybridized carbons (Fsp3) is 0.0952. The molecule has 2 aromatic carbocycles. The number of rotatable bonds is 6. The average molecular weight is 472 g/mol. The molecule has 0 saturated heterocycles. The van der Waals surface area contributed by atoms with Crippen molar-refractivity contribution in [3.63, 3.8) is 0 Å². The number of sulfonamides is 1. The van der Waals surface area contributed by atoms with E-state index < -0.39 is 21.7 Å². The molecule has 0 aliphatic heterocycles.